The van der Waals surface area contributed by atoms with E-state index in [0.29, 0.717) is 0 Å². The molecule has 12 atom stereocenters. The van der Waals surface area contributed by atoms with Crippen LogP contribution in [0.1, 0.15) is 55.8 Å². The average Bonchev–Trinajstić information content (AvgIpc) is 3.14. The maximum Gasteiger partial charge on any atom is 0.394 e. The predicted octanol–water partition coefficient (Wildman–Crippen LogP) is 4.92. The third-order valence-electron chi connectivity index (χ3n) is 8.53. The lowest BCUT2D eigenvalue weighted by molar-refractivity contribution is -0.215. The van der Waals surface area contributed by atoms with Gasteiger partial charge in [0.2, 0.25) is 0 Å². The zero-order valence-corrected chi connectivity index (χ0v) is 29.0. The molecule has 0 spiro atoms. The van der Waals surface area contributed by atoms with Crippen molar-refractivity contribution in [2.45, 2.75) is 94.2 Å². The Balaban J connectivity index is 0.000000405. The molecule has 0 aliphatic rings. The van der Waals surface area contributed by atoms with E-state index in [1.54, 1.807) is 54.6 Å². The Morgan fingerprint density at radius 2 is 0.481 bits per heavy atom. The van der Waals surface area contributed by atoms with Crippen LogP contribution in [0.25, 0.3) is 0 Å². The summed E-state index contributed by atoms with van der Waals surface area (Å²) in [5.74, 6) is -6.36. The standard InChI is InChI=1S/3C12H15F3O3/c3*1-7(12(13,14)15)9(16)11(18)10(17)8-5-3-2-4-6-8/h3*2-7,9-11,16-18H,1H3/t3*7-,9+,10+,11-/m000/s1. The molecule has 0 unspecified atom stereocenters. The van der Waals surface area contributed by atoms with Gasteiger partial charge in [0.1, 0.15) is 36.6 Å². The largest absolute Gasteiger partial charge is 0.394 e. The molecule has 9 N–H and O–H groups in total. The number of hydrogen-bond acceptors (Lipinski definition) is 9. The van der Waals surface area contributed by atoms with Gasteiger partial charge in [0, 0.05) is 0 Å². The normalized spacial score (nSPS) is 19.1. The summed E-state index contributed by atoms with van der Waals surface area (Å²) < 4.78 is 111. The van der Waals surface area contributed by atoms with E-state index in [0.717, 1.165) is 20.8 Å². The molecule has 0 fully saturated rings. The molecule has 3 aromatic carbocycles. The second-order valence-corrected chi connectivity index (χ2v) is 12.5. The minimum absolute atomic E-state index is 0.249. The van der Waals surface area contributed by atoms with Crippen molar-refractivity contribution < 1.29 is 85.5 Å². The first-order valence-corrected chi connectivity index (χ1v) is 16.2. The van der Waals surface area contributed by atoms with Crippen LogP contribution in [0, 0.1) is 17.8 Å². The first-order valence-electron chi connectivity index (χ1n) is 16.2. The minimum Gasteiger partial charge on any atom is -0.390 e. The molecule has 0 bridgehead atoms. The molecule has 3 aromatic rings. The molecule has 0 aliphatic carbocycles. The SMILES string of the molecule is C[C@@H]([C@@H](O)[C@H](O)[C@H](O)c1ccccc1)C(F)(F)F.C[C@@H]([C@@H](O)[C@H](O)[C@H](O)c1ccccc1)C(F)(F)F.C[C@@H]([C@@H](O)[C@H](O)[C@H](O)c1ccccc1)C(F)(F)F. The first-order chi connectivity index (χ1) is 24.7. The van der Waals surface area contributed by atoms with E-state index in [1.165, 1.54) is 36.4 Å². The summed E-state index contributed by atoms with van der Waals surface area (Å²) in [5, 5.41) is 86.1. The van der Waals surface area contributed by atoms with E-state index in [4.69, 9.17) is 0 Å². The van der Waals surface area contributed by atoms with Gasteiger partial charge in [0.25, 0.3) is 0 Å². The minimum atomic E-state index is -4.63. The smallest absolute Gasteiger partial charge is 0.390 e. The van der Waals surface area contributed by atoms with Gasteiger partial charge in [-0.05, 0) is 16.7 Å². The maximum atomic E-state index is 12.4. The van der Waals surface area contributed by atoms with Gasteiger partial charge in [-0.25, -0.2) is 0 Å². The van der Waals surface area contributed by atoms with Gasteiger partial charge in [0.05, 0.1) is 36.1 Å². The summed E-state index contributed by atoms with van der Waals surface area (Å²) in [6.45, 7) is 2.27. The molecule has 0 heterocycles. The molecule has 0 aromatic heterocycles. The summed E-state index contributed by atoms with van der Waals surface area (Å²) in [4.78, 5) is 0. The Labute approximate surface area is 305 Å². The number of aliphatic hydroxyl groups excluding tert-OH is 9. The quantitative estimate of drug-likeness (QED) is 0.115. The highest BCUT2D eigenvalue weighted by Crippen LogP contribution is 2.35. The van der Waals surface area contributed by atoms with E-state index >= 15 is 0 Å². The number of benzene rings is 3. The molecule has 54 heavy (non-hydrogen) atoms. The van der Waals surface area contributed by atoms with Crippen LogP contribution < -0.4 is 0 Å². The second kappa shape index (κ2) is 21.1. The van der Waals surface area contributed by atoms with Crippen LogP contribution in [-0.2, 0) is 0 Å². The fourth-order valence-electron chi connectivity index (χ4n) is 4.57. The summed E-state index contributed by atoms with van der Waals surface area (Å²) in [7, 11) is 0. The van der Waals surface area contributed by atoms with Crippen LogP contribution in [0.5, 0.6) is 0 Å². The van der Waals surface area contributed by atoms with E-state index in [2.05, 4.69) is 0 Å². The van der Waals surface area contributed by atoms with Crippen molar-refractivity contribution >= 4 is 0 Å². The molecule has 9 nitrogen and oxygen atoms in total. The number of hydrogen-bond donors (Lipinski definition) is 9. The number of rotatable bonds is 12. The lowest BCUT2D eigenvalue weighted by atomic mass is 9.92. The monoisotopic (exact) mass is 792 g/mol. The number of halogens is 9. The molecule has 0 aliphatic heterocycles. The van der Waals surface area contributed by atoms with Crippen molar-refractivity contribution in [2.24, 2.45) is 17.8 Å². The van der Waals surface area contributed by atoms with Crippen LogP contribution in [0.3, 0.4) is 0 Å². The van der Waals surface area contributed by atoms with E-state index < -0.39 is 91.2 Å². The molecule has 306 valence electrons. The van der Waals surface area contributed by atoms with Crippen LogP contribution in [0.2, 0.25) is 0 Å². The second-order valence-electron chi connectivity index (χ2n) is 12.5. The predicted molar refractivity (Wildman–Crippen MR) is 176 cm³/mol. The number of alkyl halides is 9. The molecule has 0 amide bonds. The van der Waals surface area contributed by atoms with Gasteiger partial charge >= 0.3 is 18.5 Å². The Bertz CT molecular complexity index is 1270. The van der Waals surface area contributed by atoms with Crippen molar-refractivity contribution in [3.8, 4) is 0 Å². The first kappa shape index (κ1) is 48.7. The summed E-state index contributed by atoms with van der Waals surface area (Å²) >= 11 is 0. The summed E-state index contributed by atoms with van der Waals surface area (Å²) in [5.41, 5.74) is 0.746. The molecular weight excluding hydrogens is 747 g/mol. The highest BCUT2D eigenvalue weighted by Gasteiger charge is 2.47. The summed E-state index contributed by atoms with van der Waals surface area (Å²) in [6, 6.07) is 23.2. The van der Waals surface area contributed by atoms with Crippen molar-refractivity contribution in [2.75, 3.05) is 0 Å². The molecule has 0 saturated heterocycles. The third kappa shape index (κ3) is 14.7. The Hall–Kier alpha value is -3.33. The highest BCUT2D eigenvalue weighted by molar-refractivity contribution is 5.20. The average molecular weight is 793 g/mol. The van der Waals surface area contributed by atoms with Crippen molar-refractivity contribution in [3.05, 3.63) is 108 Å². The van der Waals surface area contributed by atoms with Crippen LogP contribution in [-0.4, -0.2) is 101 Å². The highest BCUT2D eigenvalue weighted by atomic mass is 19.4. The van der Waals surface area contributed by atoms with Gasteiger partial charge in [-0.1, -0.05) is 112 Å². The van der Waals surface area contributed by atoms with Crippen molar-refractivity contribution in [1.29, 1.82) is 0 Å². The fourth-order valence-corrected chi connectivity index (χ4v) is 4.57. The van der Waals surface area contributed by atoms with Gasteiger partial charge in [0.15, 0.2) is 0 Å². The van der Waals surface area contributed by atoms with Crippen molar-refractivity contribution in [1.82, 2.24) is 0 Å². The summed E-state index contributed by atoms with van der Waals surface area (Å²) in [6.07, 6.45) is -30.5. The molecule has 3 rings (SSSR count). The van der Waals surface area contributed by atoms with E-state index in [-0.39, 0.29) is 16.7 Å². The molecule has 18 heteroatoms. The van der Waals surface area contributed by atoms with Gasteiger partial charge < -0.3 is 46.0 Å². The zero-order valence-electron chi connectivity index (χ0n) is 29.0. The Morgan fingerprint density at radius 1 is 0.315 bits per heavy atom. The Morgan fingerprint density at radius 3 is 0.630 bits per heavy atom. The van der Waals surface area contributed by atoms with Crippen molar-refractivity contribution in [3.63, 3.8) is 0 Å². The molecule has 0 saturated carbocycles. The van der Waals surface area contributed by atoms with Crippen LogP contribution in [0.4, 0.5) is 39.5 Å². The van der Waals surface area contributed by atoms with Gasteiger partial charge in [-0.2, -0.15) is 39.5 Å². The van der Waals surface area contributed by atoms with Gasteiger partial charge in [-0.15, -0.1) is 0 Å². The zero-order chi connectivity index (χ0) is 41.8. The third-order valence-corrected chi connectivity index (χ3v) is 8.53. The van der Waals surface area contributed by atoms with Crippen LogP contribution in [0.15, 0.2) is 91.0 Å². The molecule has 0 radical (unpaired) electrons. The van der Waals surface area contributed by atoms with E-state index in [9.17, 15) is 85.5 Å². The molecular formula is C36H45F9O9. The maximum absolute atomic E-state index is 12.4. The number of aliphatic hydroxyl groups is 9. The lowest BCUT2D eigenvalue weighted by Gasteiger charge is -2.28. The lowest BCUT2D eigenvalue weighted by Crippen LogP contribution is -2.42. The topological polar surface area (TPSA) is 182 Å². The van der Waals surface area contributed by atoms with Gasteiger partial charge in [-0.3, -0.25) is 0 Å². The Kier molecular flexibility index (Phi) is 19.0. The fraction of sp³-hybridized carbons (Fsp3) is 0.500. The van der Waals surface area contributed by atoms with E-state index in [1.807, 2.05) is 0 Å². The van der Waals surface area contributed by atoms with Crippen LogP contribution >= 0.6 is 0 Å².